The molecule has 0 aliphatic heterocycles. The molecule has 0 atom stereocenters. The van der Waals surface area contributed by atoms with Crippen molar-refractivity contribution in [2.75, 3.05) is 28.6 Å². The Labute approximate surface area is 174 Å². The lowest BCUT2D eigenvalue weighted by molar-refractivity contribution is 0.580. The molecule has 0 amide bonds. The van der Waals surface area contributed by atoms with Crippen LogP contribution in [0.4, 0.5) is 23.7 Å². The number of nitrogens with one attached hydrogen (secondary N) is 3. The highest BCUT2D eigenvalue weighted by Crippen LogP contribution is 2.22. The summed E-state index contributed by atoms with van der Waals surface area (Å²) < 4.78 is 5.40. The SMILES string of the molecule is CCN(CC)c1nc(NCc2ccccc2)nc(Nc2cc(-c3ccco3)[nH]n2)n1. The standard InChI is InChI=1S/C21H24N8O/c1-3-29(4-2)21-25-19(22-14-15-9-6-5-7-10-15)24-20(26-21)23-18-13-16(27-28-18)17-11-8-12-30-17/h5-13H,3-4,14H2,1-2H3,(H3,22,23,24,25,26,27,28). The number of aromatic amines is 1. The maximum absolute atomic E-state index is 5.40. The number of furan rings is 1. The summed E-state index contributed by atoms with van der Waals surface area (Å²) in [7, 11) is 0. The lowest BCUT2D eigenvalue weighted by atomic mass is 10.2. The molecule has 0 radical (unpaired) electrons. The molecule has 0 unspecified atom stereocenters. The van der Waals surface area contributed by atoms with Crippen LogP contribution in [0.15, 0.2) is 59.2 Å². The number of hydrogen-bond donors (Lipinski definition) is 3. The Hall–Kier alpha value is -3.88. The van der Waals surface area contributed by atoms with Crippen molar-refractivity contribution in [3.05, 3.63) is 60.4 Å². The van der Waals surface area contributed by atoms with Crippen LogP contribution in [0, 0.1) is 0 Å². The van der Waals surface area contributed by atoms with E-state index < -0.39 is 0 Å². The Morgan fingerprint density at radius 1 is 0.967 bits per heavy atom. The van der Waals surface area contributed by atoms with Crippen molar-refractivity contribution in [2.24, 2.45) is 0 Å². The molecule has 0 bridgehead atoms. The molecule has 3 N–H and O–H groups in total. The van der Waals surface area contributed by atoms with Gasteiger partial charge in [-0.1, -0.05) is 30.3 Å². The van der Waals surface area contributed by atoms with Gasteiger partial charge in [0, 0.05) is 25.7 Å². The van der Waals surface area contributed by atoms with E-state index in [0.29, 0.717) is 36.0 Å². The molecule has 4 aromatic rings. The molecule has 0 aliphatic carbocycles. The highest BCUT2D eigenvalue weighted by molar-refractivity contribution is 5.60. The predicted octanol–water partition coefficient (Wildman–Crippen LogP) is 4.06. The molecule has 30 heavy (non-hydrogen) atoms. The fourth-order valence-corrected chi connectivity index (χ4v) is 2.98. The lowest BCUT2D eigenvalue weighted by Gasteiger charge is -2.19. The summed E-state index contributed by atoms with van der Waals surface area (Å²) in [6.07, 6.45) is 1.62. The third-order valence-electron chi connectivity index (χ3n) is 4.57. The normalized spacial score (nSPS) is 10.7. The van der Waals surface area contributed by atoms with Gasteiger partial charge in [0.1, 0.15) is 5.69 Å². The number of H-pyrrole nitrogens is 1. The van der Waals surface area contributed by atoms with Crippen LogP contribution in [0.25, 0.3) is 11.5 Å². The third-order valence-corrected chi connectivity index (χ3v) is 4.57. The number of hydrogen-bond acceptors (Lipinski definition) is 8. The van der Waals surface area contributed by atoms with Crippen LogP contribution in [0.2, 0.25) is 0 Å². The van der Waals surface area contributed by atoms with Crippen LogP contribution >= 0.6 is 0 Å². The van der Waals surface area contributed by atoms with Gasteiger partial charge in [0.2, 0.25) is 17.8 Å². The summed E-state index contributed by atoms with van der Waals surface area (Å²) in [5.41, 5.74) is 1.91. The second-order valence-corrected chi connectivity index (χ2v) is 6.56. The summed E-state index contributed by atoms with van der Waals surface area (Å²) >= 11 is 0. The number of aromatic nitrogens is 5. The minimum absolute atomic E-state index is 0.417. The highest BCUT2D eigenvalue weighted by Gasteiger charge is 2.13. The van der Waals surface area contributed by atoms with Gasteiger partial charge < -0.3 is 20.0 Å². The topological polar surface area (TPSA) is 108 Å². The zero-order chi connectivity index (χ0) is 20.8. The van der Waals surface area contributed by atoms with Crippen molar-refractivity contribution < 1.29 is 4.42 Å². The zero-order valence-corrected chi connectivity index (χ0v) is 17.0. The minimum atomic E-state index is 0.417. The maximum atomic E-state index is 5.40. The van der Waals surface area contributed by atoms with Crippen LogP contribution in [0.5, 0.6) is 0 Å². The average molecular weight is 404 g/mol. The van der Waals surface area contributed by atoms with Crippen molar-refractivity contribution in [3.63, 3.8) is 0 Å². The van der Waals surface area contributed by atoms with E-state index in [-0.39, 0.29) is 0 Å². The molecular formula is C21H24N8O. The molecule has 3 aromatic heterocycles. The van der Waals surface area contributed by atoms with Crippen LogP contribution in [-0.2, 0) is 6.54 Å². The molecule has 4 rings (SSSR count). The summed E-state index contributed by atoms with van der Waals surface area (Å²) in [5, 5.41) is 13.7. The second-order valence-electron chi connectivity index (χ2n) is 6.56. The zero-order valence-electron chi connectivity index (χ0n) is 17.0. The van der Waals surface area contributed by atoms with Gasteiger partial charge in [-0.15, -0.1) is 0 Å². The summed E-state index contributed by atoms with van der Waals surface area (Å²) in [4.78, 5) is 15.7. The Kier molecular flexibility index (Phi) is 5.88. The van der Waals surface area contributed by atoms with Gasteiger partial charge in [0.05, 0.1) is 6.26 Å². The van der Waals surface area contributed by atoms with E-state index in [0.717, 1.165) is 24.3 Å². The summed E-state index contributed by atoms with van der Waals surface area (Å²) in [6.45, 7) is 6.35. The Morgan fingerprint density at radius 3 is 2.50 bits per heavy atom. The second kappa shape index (κ2) is 9.08. The van der Waals surface area contributed by atoms with Crippen molar-refractivity contribution in [1.82, 2.24) is 25.1 Å². The highest BCUT2D eigenvalue weighted by atomic mass is 16.3. The van der Waals surface area contributed by atoms with Gasteiger partial charge in [-0.2, -0.15) is 20.1 Å². The van der Waals surface area contributed by atoms with Crippen molar-refractivity contribution >= 4 is 23.7 Å². The fourth-order valence-electron chi connectivity index (χ4n) is 2.98. The first-order chi connectivity index (χ1) is 14.7. The van der Waals surface area contributed by atoms with E-state index in [4.69, 9.17) is 4.42 Å². The van der Waals surface area contributed by atoms with Crippen LogP contribution in [0.3, 0.4) is 0 Å². The first-order valence-electron chi connectivity index (χ1n) is 9.90. The molecule has 0 spiro atoms. The van der Waals surface area contributed by atoms with Gasteiger partial charge in [-0.3, -0.25) is 5.10 Å². The van der Waals surface area contributed by atoms with Crippen molar-refractivity contribution in [3.8, 4) is 11.5 Å². The minimum Gasteiger partial charge on any atom is -0.463 e. The summed E-state index contributed by atoms with van der Waals surface area (Å²) in [6, 6.07) is 15.7. The molecule has 0 saturated heterocycles. The number of rotatable bonds is 9. The van der Waals surface area contributed by atoms with Gasteiger partial charge in [-0.25, -0.2) is 0 Å². The van der Waals surface area contributed by atoms with Gasteiger partial charge in [-0.05, 0) is 31.5 Å². The monoisotopic (exact) mass is 404 g/mol. The molecule has 154 valence electrons. The molecule has 0 saturated carbocycles. The molecule has 9 heteroatoms. The Morgan fingerprint density at radius 2 is 1.77 bits per heavy atom. The lowest BCUT2D eigenvalue weighted by Crippen LogP contribution is -2.25. The number of nitrogens with zero attached hydrogens (tertiary/aromatic N) is 5. The first-order valence-corrected chi connectivity index (χ1v) is 9.90. The molecular weight excluding hydrogens is 380 g/mol. The average Bonchev–Trinajstić information content (AvgIpc) is 3.46. The van der Waals surface area contributed by atoms with E-state index in [1.165, 1.54) is 0 Å². The quantitative estimate of drug-likeness (QED) is 0.383. The van der Waals surface area contributed by atoms with Gasteiger partial charge in [0.25, 0.3) is 0 Å². The largest absolute Gasteiger partial charge is 0.463 e. The molecule has 0 fully saturated rings. The van der Waals surface area contributed by atoms with Crippen molar-refractivity contribution in [2.45, 2.75) is 20.4 Å². The molecule has 3 heterocycles. The van der Waals surface area contributed by atoms with Crippen LogP contribution in [0.1, 0.15) is 19.4 Å². The number of anilines is 4. The van der Waals surface area contributed by atoms with E-state index in [2.05, 4.69) is 66.7 Å². The predicted molar refractivity (Wildman–Crippen MR) is 117 cm³/mol. The Bertz CT molecular complexity index is 1060. The van der Waals surface area contributed by atoms with Gasteiger partial charge >= 0.3 is 0 Å². The van der Waals surface area contributed by atoms with E-state index >= 15 is 0 Å². The first kappa shape index (κ1) is 19.4. The van der Waals surface area contributed by atoms with E-state index in [1.807, 2.05) is 36.4 Å². The van der Waals surface area contributed by atoms with Crippen LogP contribution in [-0.4, -0.2) is 38.2 Å². The number of benzene rings is 1. The van der Waals surface area contributed by atoms with E-state index in [9.17, 15) is 0 Å². The maximum Gasteiger partial charge on any atom is 0.235 e. The Balaban J connectivity index is 1.57. The summed E-state index contributed by atoms with van der Waals surface area (Å²) in [5.74, 6) is 2.82. The molecule has 9 nitrogen and oxygen atoms in total. The third kappa shape index (κ3) is 4.57. The van der Waals surface area contributed by atoms with E-state index in [1.54, 1.807) is 6.26 Å². The van der Waals surface area contributed by atoms with Gasteiger partial charge in [0.15, 0.2) is 11.6 Å². The fraction of sp³-hybridized carbons (Fsp3) is 0.238. The van der Waals surface area contributed by atoms with Crippen LogP contribution < -0.4 is 15.5 Å². The molecule has 1 aromatic carbocycles. The molecule has 0 aliphatic rings. The van der Waals surface area contributed by atoms with Crippen molar-refractivity contribution in [1.29, 1.82) is 0 Å². The smallest absolute Gasteiger partial charge is 0.235 e.